The van der Waals surface area contributed by atoms with Crippen molar-refractivity contribution in [2.75, 3.05) is 26.2 Å². The quantitative estimate of drug-likeness (QED) is 0.624. The smallest absolute Gasteiger partial charge is 0.243 e. The molecule has 0 N–H and O–H groups in total. The fourth-order valence-electron chi connectivity index (χ4n) is 3.70. The van der Waals surface area contributed by atoms with Gasteiger partial charge in [0, 0.05) is 31.7 Å². The number of aromatic nitrogens is 2. The Bertz CT molecular complexity index is 1150. The largest absolute Gasteiger partial charge is 0.338 e. The highest BCUT2D eigenvalue weighted by molar-refractivity contribution is 7.89. The topological polar surface area (TPSA) is 79.5 Å². The van der Waals surface area contributed by atoms with E-state index >= 15 is 0 Å². The van der Waals surface area contributed by atoms with Crippen molar-refractivity contribution in [2.45, 2.75) is 32.2 Å². The Labute approximate surface area is 177 Å². The van der Waals surface area contributed by atoms with Crippen LogP contribution in [0.3, 0.4) is 0 Å². The molecule has 0 amide bonds. The Kier molecular flexibility index (Phi) is 5.73. The molecule has 30 heavy (non-hydrogen) atoms. The predicted molar refractivity (Wildman–Crippen MR) is 114 cm³/mol. The van der Waals surface area contributed by atoms with Gasteiger partial charge in [-0.05, 0) is 43.5 Å². The highest BCUT2D eigenvalue weighted by atomic mass is 32.2. The minimum absolute atomic E-state index is 0.399. The van der Waals surface area contributed by atoms with Gasteiger partial charge in [-0.25, -0.2) is 8.42 Å². The third kappa shape index (κ3) is 4.16. The first-order valence-corrected chi connectivity index (χ1v) is 11.5. The molecule has 1 aromatic heterocycles. The standard InChI is InChI=1S/C22H26N4O3S/c1-16-8-9-18(3)20(14-16)30(27,28)26-12-10-25(11-13-26)15-21-23-22(24-29-21)19-7-5-4-6-17(19)2/h4-9,14H,10-13,15H2,1-3H3. The van der Waals surface area contributed by atoms with Gasteiger partial charge in [-0.15, -0.1) is 0 Å². The molecule has 0 radical (unpaired) electrons. The third-order valence-electron chi connectivity index (χ3n) is 5.51. The lowest BCUT2D eigenvalue weighted by Crippen LogP contribution is -2.48. The second kappa shape index (κ2) is 8.29. The first-order valence-electron chi connectivity index (χ1n) is 10.0. The number of sulfonamides is 1. The lowest BCUT2D eigenvalue weighted by atomic mass is 10.1. The van der Waals surface area contributed by atoms with Gasteiger partial charge in [0.05, 0.1) is 11.4 Å². The van der Waals surface area contributed by atoms with Crippen LogP contribution in [-0.2, 0) is 16.6 Å². The van der Waals surface area contributed by atoms with E-state index in [1.807, 2.05) is 57.2 Å². The average molecular weight is 427 g/mol. The lowest BCUT2D eigenvalue weighted by molar-refractivity contribution is 0.163. The molecule has 8 heteroatoms. The Hall–Kier alpha value is -2.55. The molecule has 1 aliphatic heterocycles. The number of nitrogens with zero attached hydrogens (tertiary/aromatic N) is 4. The number of benzene rings is 2. The SMILES string of the molecule is Cc1ccc(C)c(S(=O)(=O)N2CCN(Cc3nc(-c4ccccc4C)no3)CC2)c1. The zero-order chi connectivity index (χ0) is 21.3. The van der Waals surface area contributed by atoms with Crippen LogP contribution in [0.1, 0.15) is 22.6 Å². The highest BCUT2D eigenvalue weighted by Crippen LogP contribution is 2.23. The van der Waals surface area contributed by atoms with Gasteiger partial charge < -0.3 is 4.52 Å². The van der Waals surface area contributed by atoms with Gasteiger partial charge in [-0.3, -0.25) is 4.90 Å². The van der Waals surface area contributed by atoms with Crippen molar-refractivity contribution < 1.29 is 12.9 Å². The molecule has 0 unspecified atom stereocenters. The van der Waals surface area contributed by atoms with Crippen LogP contribution in [0.25, 0.3) is 11.4 Å². The summed E-state index contributed by atoms with van der Waals surface area (Å²) in [6, 6.07) is 13.5. The Morgan fingerprint density at radius 2 is 1.70 bits per heavy atom. The molecule has 1 fully saturated rings. The van der Waals surface area contributed by atoms with Crippen molar-refractivity contribution in [2.24, 2.45) is 0 Å². The predicted octanol–water partition coefficient (Wildman–Crippen LogP) is 3.17. The maximum Gasteiger partial charge on any atom is 0.243 e. The second-order valence-corrected chi connectivity index (χ2v) is 9.68. The molecule has 0 atom stereocenters. The van der Waals surface area contributed by atoms with E-state index in [9.17, 15) is 8.42 Å². The summed E-state index contributed by atoms with van der Waals surface area (Å²) in [5, 5.41) is 4.11. The van der Waals surface area contributed by atoms with Gasteiger partial charge in [0.2, 0.25) is 21.7 Å². The summed E-state index contributed by atoms with van der Waals surface area (Å²) in [6.45, 7) is 8.38. The first kappa shape index (κ1) is 20.7. The normalized spacial score (nSPS) is 16.1. The summed E-state index contributed by atoms with van der Waals surface area (Å²) >= 11 is 0. The molecule has 7 nitrogen and oxygen atoms in total. The molecule has 1 saturated heterocycles. The van der Waals surface area contributed by atoms with E-state index in [0.29, 0.717) is 49.3 Å². The zero-order valence-electron chi connectivity index (χ0n) is 17.5. The summed E-state index contributed by atoms with van der Waals surface area (Å²) < 4.78 is 33.2. The van der Waals surface area contributed by atoms with Crippen LogP contribution < -0.4 is 0 Å². The molecule has 3 aromatic rings. The van der Waals surface area contributed by atoms with E-state index in [2.05, 4.69) is 15.0 Å². The molecular formula is C22H26N4O3S. The molecule has 0 aliphatic carbocycles. The van der Waals surface area contributed by atoms with Crippen molar-refractivity contribution in [1.29, 1.82) is 0 Å². The number of piperazine rings is 1. The molecule has 1 aliphatic rings. The number of hydrogen-bond donors (Lipinski definition) is 0. The van der Waals surface area contributed by atoms with Crippen molar-refractivity contribution in [3.8, 4) is 11.4 Å². The van der Waals surface area contributed by atoms with E-state index in [4.69, 9.17) is 4.52 Å². The van der Waals surface area contributed by atoms with Crippen LogP contribution in [0.5, 0.6) is 0 Å². The highest BCUT2D eigenvalue weighted by Gasteiger charge is 2.30. The minimum atomic E-state index is -3.49. The molecule has 0 saturated carbocycles. The van der Waals surface area contributed by atoms with Crippen LogP contribution in [-0.4, -0.2) is 53.9 Å². The van der Waals surface area contributed by atoms with Crippen LogP contribution in [0.4, 0.5) is 0 Å². The molecule has 4 rings (SSSR count). The number of hydrogen-bond acceptors (Lipinski definition) is 6. The third-order valence-corrected chi connectivity index (χ3v) is 7.55. The Morgan fingerprint density at radius 1 is 0.967 bits per heavy atom. The van der Waals surface area contributed by atoms with Gasteiger partial charge >= 0.3 is 0 Å². The van der Waals surface area contributed by atoms with E-state index < -0.39 is 10.0 Å². The summed E-state index contributed by atoms with van der Waals surface area (Å²) in [4.78, 5) is 7.06. The second-order valence-electron chi connectivity index (χ2n) is 7.78. The Balaban J connectivity index is 1.41. The van der Waals surface area contributed by atoms with E-state index in [1.165, 1.54) is 0 Å². The molecule has 0 spiro atoms. The molecular weight excluding hydrogens is 400 g/mol. The van der Waals surface area contributed by atoms with Crippen LogP contribution in [0, 0.1) is 20.8 Å². The van der Waals surface area contributed by atoms with E-state index in [0.717, 1.165) is 22.3 Å². The monoisotopic (exact) mass is 426 g/mol. The van der Waals surface area contributed by atoms with Crippen molar-refractivity contribution >= 4 is 10.0 Å². The molecule has 2 heterocycles. The van der Waals surface area contributed by atoms with Gasteiger partial charge in [0.25, 0.3) is 0 Å². The molecule has 0 bridgehead atoms. The maximum atomic E-state index is 13.1. The van der Waals surface area contributed by atoms with Crippen LogP contribution in [0.15, 0.2) is 51.9 Å². The summed E-state index contributed by atoms with van der Waals surface area (Å²) in [6.07, 6.45) is 0. The van der Waals surface area contributed by atoms with Gasteiger partial charge in [-0.1, -0.05) is 41.6 Å². The van der Waals surface area contributed by atoms with Gasteiger partial charge in [0.15, 0.2) is 0 Å². The van der Waals surface area contributed by atoms with Gasteiger partial charge in [0.1, 0.15) is 0 Å². The minimum Gasteiger partial charge on any atom is -0.338 e. The maximum absolute atomic E-state index is 13.1. The molecule has 2 aromatic carbocycles. The average Bonchev–Trinajstić information content (AvgIpc) is 3.18. The molecule has 158 valence electrons. The van der Waals surface area contributed by atoms with Crippen molar-refractivity contribution in [1.82, 2.24) is 19.3 Å². The van der Waals surface area contributed by atoms with Crippen LogP contribution in [0.2, 0.25) is 0 Å². The number of rotatable bonds is 5. The van der Waals surface area contributed by atoms with E-state index in [-0.39, 0.29) is 0 Å². The summed E-state index contributed by atoms with van der Waals surface area (Å²) in [5.41, 5.74) is 3.77. The fraction of sp³-hybridized carbons (Fsp3) is 0.364. The summed E-state index contributed by atoms with van der Waals surface area (Å²) in [7, 11) is -3.49. The fourth-order valence-corrected chi connectivity index (χ4v) is 5.43. The zero-order valence-corrected chi connectivity index (χ0v) is 18.3. The van der Waals surface area contributed by atoms with Crippen molar-refractivity contribution in [3.63, 3.8) is 0 Å². The lowest BCUT2D eigenvalue weighted by Gasteiger charge is -2.33. The summed E-state index contributed by atoms with van der Waals surface area (Å²) in [5.74, 6) is 1.12. The van der Waals surface area contributed by atoms with Crippen molar-refractivity contribution in [3.05, 3.63) is 65.0 Å². The van der Waals surface area contributed by atoms with E-state index in [1.54, 1.807) is 10.4 Å². The Morgan fingerprint density at radius 3 is 2.43 bits per heavy atom. The first-order chi connectivity index (χ1) is 14.3. The number of aryl methyl sites for hydroxylation is 3. The van der Waals surface area contributed by atoms with Gasteiger partial charge in [-0.2, -0.15) is 9.29 Å². The van der Waals surface area contributed by atoms with Crippen LogP contribution >= 0.6 is 0 Å².